The molecule has 1 aromatic carbocycles. The van der Waals surface area contributed by atoms with Gasteiger partial charge in [0.05, 0.1) is 0 Å². The smallest absolute Gasteiger partial charge is 0.0478 e. The van der Waals surface area contributed by atoms with Crippen molar-refractivity contribution in [3.05, 3.63) is 24.3 Å². The highest BCUT2D eigenvalue weighted by Gasteiger charge is 2.34. The molecule has 1 heterocycles. The van der Waals surface area contributed by atoms with Gasteiger partial charge in [0.25, 0.3) is 0 Å². The molecule has 3 rings (SSSR count). The maximum atomic E-state index is 3.58. The topological polar surface area (TPSA) is 12.0 Å². The Balaban J connectivity index is 1.89. The largest absolute Gasteiger partial charge is 0.384 e. The number of thioether (sulfide) groups is 1. The summed E-state index contributed by atoms with van der Waals surface area (Å²) < 4.78 is 0.540. The fraction of sp³-hybridized carbons (Fsp3) is 0.571. The first-order valence-electron chi connectivity index (χ1n) is 6.40. The van der Waals surface area contributed by atoms with Crippen LogP contribution in [0.15, 0.2) is 29.2 Å². The number of anilines is 1. The Morgan fingerprint density at radius 3 is 2.69 bits per heavy atom. The summed E-state index contributed by atoms with van der Waals surface area (Å²) in [6.07, 6.45) is 8.44. The summed E-state index contributed by atoms with van der Waals surface area (Å²) in [7, 11) is 0. The predicted octanol–water partition coefficient (Wildman–Crippen LogP) is 4.30. The summed E-state index contributed by atoms with van der Waals surface area (Å²) >= 11 is 2.14. The molecule has 1 fully saturated rings. The summed E-state index contributed by atoms with van der Waals surface area (Å²) in [5.74, 6) is 0. The van der Waals surface area contributed by atoms with Crippen LogP contribution in [0.1, 0.15) is 38.5 Å². The van der Waals surface area contributed by atoms with Crippen LogP contribution in [0.3, 0.4) is 0 Å². The van der Waals surface area contributed by atoms with Crippen molar-refractivity contribution in [2.24, 2.45) is 0 Å². The summed E-state index contributed by atoms with van der Waals surface area (Å²) in [4.78, 5) is 1.46. The molecule has 0 unspecified atom stereocenters. The van der Waals surface area contributed by atoms with Crippen LogP contribution in [0, 0.1) is 0 Å². The molecule has 0 atom stereocenters. The zero-order valence-electron chi connectivity index (χ0n) is 9.67. The van der Waals surface area contributed by atoms with Gasteiger partial charge in [-0.05, 0) is 31.4 Å². The number of para-hydroxylation sites is 1. The van der Waals surface area contributed by atoms with Crippen molar-refractivity contribution < 1.29 is 0 Å². The van der Waals surface area contributed by atoms with Gasteiger partial charge in [-0.2, -0.15) is 0 Å². The van der Waals surface area contributed by atoms with E-state index in [1.807, 2.05) is 0 Å². The molecule has 0 aromatic heterocycles. The minimum absolute atomic E-state index is 0.540. The van der Waals surface area contributed by atoms with Crippen molar-refractivity contribution in [1.82, 2.24) is 0 Å². The molecule has 1 spiro atoms. The van der Waals surface area contributed by atoms with E-state index in [9.17, 15) is 0 Å². The molecule has 16 heavy (non-hydrogen) atoms. The summed E-state index contributed by atoms with van der Waals surface area (Å²) in [5.41, 5.74) is 1.34. The molecule has 1 N–H and O–H groups in total. The van der Waals surface area contributed by atoms with E-state index in [2.05, 4.69) is 41.3 Å². The van der Waals surface area contributed by atoms with Gasteiger partial charge < -0.3 is 5.32 Å². The van der Waals surface area contributed by atoms with Crippen LogP contribution in [-0.2, 0) is 0 Å². The Labute approximate surface area is 102 Å². The first kappa shape index (κ1) is 10.5. The molecule has 1 saturated carbocycles. The molecule has 1 aromatic rings. The standard InChI is InChI=1S/C14H19NS/c1-4-8-14(9-5-1)10-11-15-12-6-2-3-7-13(12)16-14/h2-3,6-7,15H,1,4-5,8-11H2. The van der Waals surface area contributed by atoms with E-state index in [0.717, 1.165) is 6.54 Å². The molecule has 1 aliphatic heterocycles. The van der Waals surface area contributed by atoms with Gasteiger partial charge in [-0.3, -0.25) is 0 Å². The Bertz CT molecular complexity index is 369. The number of hydrogen-bond acceptors (Lipinski definition) is 2. The molecule has 0 radical (unpaired) electrons. The maximum Gasteiger partial charge on any atom is 0.0478 e. The van der Waals surface area contributed by atoms with E-state index in [4.69, 9.17) is 0 Å². The zero-order valence-corrected chi connectivity index (χ0v) is 10.5. The summed E-state index contributed by atoms with van der Waals surface area (Å²) in [6, 6.07) is 8.78. The fourth-order valence-electron chi connectivity index (χ4n) is 2.96. The molecule has 0 bridgehead atoms. The SMILES string of the molecule is c1ccc2c(c1)NCCC1(CCCCC1)S2. The highest BCUT2D eigenvalue weighted by molar-refractivity contribution is 8.00. The third-order valence-corrected chi connectivity index (χ3v) is 5.50. The van der Waals surface area contributed by atoms with Gasteiger partial charge in [-0.25, -0.2) is 0 Å². The van der Waals surface area contributed by atoms with Crippen LogP contribution < -0.4 is 5.32 Å². The number of hydrogen-bond donors (Lipinski definition) is 1. The molecular weight excluding hydrogens is 214 g/mol. The van der Waals surface area contributed by atoms with Gasteiger partial charge in [0, 0.05) is 21.9 Å². The van der Waals surface area contributed by atoms with Crippen molar-refractivity contribution in [3.63, 3.8) is 0 Å². The molecule has 0 saturated heterocycles. The van der Waals surface area contributed by atoms with Crippen LogP contribution in [0.4, 0.5) is 5.69 Å². The van der Waals surface area contributed by atoms with Crippen molar-refractivity contribution in [3.8, 4) is 0 Å². The van der Waals surface area contributed by atoms with Crippen molar-refractivity contribution in [2.45, 2.75) is 48.2 Å². The number of fused-ring (bicyclic) bond motifs is 1. The van der Waals surface area contributed by atoms with E-state index in [-0.39, 0.29) is 0 Å². The lowest BCUT2D eigenvalue weighted by Gasteiger charge is -2.35. The Kier molecular flexibility index (Phi) is 2.84. The number of benzene rings is 1. The zero-order chi connectivity index (χ0) is 10.8. The first-order chi connectivity index (χ1) is 7.88. The molecular formula is C14H19NS. The van der Waals surface area contributed by atoms with Crippen molar-refractivity contribution in [2.75, 3.05) is 11.9 Å². The fourth-order valence-corrected chi connectivity index (χ4v) is 4.52. The lowest BCUT2D eigenvalue weighted by atomic mass is 9.86. The Morgan fingerprint density at radius 1 is 1.00 bits per heavy atom. The van der Waals surface area contributed by atoms with Gasteiger partial charge in [-0.15, -0.1) is 11.8 Å². The lowest BCUT2D eigenvalue weighted by Crippen LogP contribution is -2.28. The van der Waals surface area contributed by atoms with E-state index < -0.39 is 0 Å². The predicted molar refractivity (Wildman–Crippen MR) is 71.2 cm³/mol. The average Bonchev–Trinajstić information content (AvgIpc) is 2.49. The minimum atomic E-state index is 0.540. The quantitative estimate of drug-likeness (QED) is 0.717. The molecule has 0 amide bonds. The van der Waals surface area contributed by atoms with E-state index in [1.165, 1.54) is 49.1 Å². The molecule has 2 aliphatic rings. The third-order valence-electron chi connectivity index (χ3n) is 3.87. The van der Waals surface area contributed by atoms with Gasteiger partial charge in [0.1, 0.15) is 0 Å². The van der Waals surface area contributed by atoms with Crippen molar-refractivity contribution in [1.29, 1.82) is 0 Å². The third kappa shape index (κ3) is 1.95. The Morgan fingerprint density at radius 2 is 1.81 bits per heavy atom. The van der Waals surface area contributed by atoms with Crippen LogP contribution in [-0.4, -0.2) is 11.3 Å². The summed E-state index contributed by atoms with van der Waals surface area (Å²) in [5, 5.41) is 3.58. The second-order valence-corrected chi connectivity index (χ2v) is 6.53. The van der Waals surface area contributed by atoms with Gasteiger partial charge >= 0.3 is 0 Å². The van der Waals surface area contributed by atoms with Gasteiger partial charge in [0.15, 0.2) is 0 Å². The first-order valence-corrected chi connectivity index (χ1v) is 7.22. The molecule has 1 nitrogen and oxygen atoms in total. The number of rotatable bonds is 0. The van der Waals surface area contributed by atoms with E-state index in [0.29, 0.717) is 4.75 Å². The minimum Gasteiger partial charge on any atom is -0.384 e. The van der Waals surface area contributed by atoms with E-state index in [1.54, 1.807) is 0 Å². The number of nitrogens with one attached hydrogen (secondary N) is 1. The van der Waals surface area contributed by atoms with Crippen LogP contribution >= 0.6 is 11.8 Å². The maximum absolute atomic E-state index is 3.58. The van der Waals surface area contributed by atoms with Gasteiger partial charge in [-0.1, -0.05) is 31.4 Å². The molecule has 86 valence electrons. The average molecular weight is 233 g/mol. The second kappa shape index (κ2) is 4.33. The van der Waals surface area contributed by atoms with Crippen LogP contribution in [0.2, 0.25) is 0 Å². The summed E-state index contributed by atoms with van der Waals surface area (Å²) in [6.45, 7) is 1.14. The van der Waals surface area contributed by atoms with Crippen LogP contribution in [0.5, 0.6) is 0 Å². The van der Waals surface area contributed by atoms with E-state index >= 15 is 0 Å². The molecule has 2 heteroatoms. The monoisotopic (exact) mass is 233 g/mol. The second-order valence-electron chi connectivity index (χ2n) is 5.02. The van der Waals surface area contributed by atoms with Crippen LogP contribution in [0.25, 0.3) is 0 Å². The normalized spacial score (nSPS) is 23.2. The van der Waals surface area contributed by atoms with Gasteiger partial charge in [0.2, 0.25) is 0 Å². The Hall–Kier alpha value is -0.630. The molecule has 1 aliphatic carbocycles. The highest BCUT2D eigenvalue weighted by Crippen LogP contribution is 2.49. The highest BCUT2D eigenvalue weighted by atomic mass is 32.2. The van der Waals surface area contributed by atoms with Crippen molar-refractivity contribution >= 4 is 17.4 Å². The lowest BCUT2D eigenvalue weighted by molar-refractivity contribution is 0.385.